The first-order valence-electron chi connectivity index (χ1n) is 5.44. The van der Waals surface area contributed by atoms with E-state index in [0.29, 0.717) is 13.0 Å². The summed E-state index contributed by atoms with van der Waals surface area (Å²) in [5.41, 5.74) is 2.08. The van der Waals surface area contributed by atoms with Crippen LogP contribution in [-0.4, -0.2) is 19.7 Å². The smallest absolute Gasteiger partial charge is 0.309 e. The molecule has 1 atom stereocenters. The minimum absolute atomic E-state index is 0.0946. The van der Waals surface area contributed by atoms with Crippen LogP contribution in [-0.2, 0) is 20.7 Å². The average molecular weight is 222 g/mol. The third-order valence-corrected chi connectivity index (χ3v) is 2.44. The van der Waals surface area contributed by atoms with E-state index in [-0.39, 0.29) is 12.1 Å². The predicted octanol–water partition coefficient (Wildman–Crippen LogP) is 2.50. The quantitative estimate of drug-likeness (QED) is 0.718. The number of rotatable bonds is 5. The Morgan fingerprint density at radius 2 is 1.94 bits per heavy atom. The van der Waals surface area contributed by atoms with E-state index in [1.165, 1.54) is 7.11 Å². The van der Waals surface area contributed by atoms with Gasteiger partial charge in [0.25, 0.3) is 0 Å². The van der Waals surface area contributed by atoms with Gasteiger partial charge in [-0.25, -0.2) is 0 Å². The van der Waals surface area contributed by atoms with E-state index in [0.717, 1.165) is 11.1 Å². The summed E-state index contributed by atoms with van der Waals surface area (Å²) in [4.78, 5) is 11.1. The summed E-state index contributed by atoms with van der Waals surface area (Å²) in [5, 5.41) is 0. The molecule has 1 aromatic carbocycles. The Balaban J connectivity index is 2.64. The summed E-state index contributed by atoms with van der Waals surface area (Å²) in [5.74, 6) is -0.217. The average Bonchev–Trinajstić information content (AvgIpc) is 2.30. The monoisotopic (exact) mass is 222 g/mol. The van der Waals surface area contributed by atoms with Crippen LogP contribution in [0.5, 0.6) is 0 Å². The Morgan fingerprint density at radius 3 is 2.44 bits per heavy atom. The highest BCUT2D eigenvalue weighted by atomic mass is 16.5. The molecule has 0 aliphatic carbocycles. The van der Waals surface area contributed by atoms with Crippen LogP contribution in [0.15, 0.2) is 24.3 Å². The van der Waals surface area contributed by atoms with Gasteiger partial charge in [-0.15, -0.1) is 0 Å². The fraction of sp³-hybridized carbons (Fsp3) is 0.462. The SMILES string of the molecule is CCO[C@H](C)c1ccc(CC(=O)OC)cc1. The molecule has 0 amide bonds. The van der Waals surface area contributed by atoms with Gasteiger partial charge in [0.1, 0.15) is 0 Å². The summed E-state index contributed by atoms with van der Waals surface area (Å²) >= 11 is 0. The van der Waals surface area contributed by atoms with Gasteiger partial charge in [-0.05, 0) is 25.0 Å². The number of esters is 1. The van der Waals surface area contributed by atoms with Crippen molar-refractivity contribution >= 4 is 5.97 Å². The van der Waals surface area contributed by atoms with Gasteiger partial charge >= 0.3 is 5.97 Å². The van der Waals surface area contributed by atoms with Crippen LogP contribution in [0, 0.1) is 0 Å². The number of ether oxygens (including phenoxy) is 2. The van der Waals surface area contributed by atoms with Gasteiger partial charge in [-0.1, -0.05) is 24.3 Å². The zero-order valence-corrected chi connectivity index (χ0v) is 10.0. The van der Waals surface area contributed by atoms with Crippen molar-refractivity contribution < 1.29 is 14.3 Å². The van der Waals surface area contributed by atoms with Gasteiger partial charge in [0.2, 0.25) is 0 Å². The minimum atomic E-state index is -0.217. The van der Waals surface area contributed by atoms with Gasteiger partial charge in [-0.3, -0.25) is 4.79 Å². The summed E-state index contributed by atoms with van der Waals surface area (Å²) in [7, 11) is 1.40. The van der Waals surface area contributed by atoms with Gasteiger partial charge in [0.15, 0.2) is 0 Å². The maximum absolute atomic E-state index is 11.1. The van der Waals surface area contributed by atoms with Crippen LogP contribution in [0.1, 0.15) is 31.1 Å². The highest BCUT2D eigenvalue weighted by Crippen LogP contribution is 2.17. The lowest BCUT2D eigenvalue weighted by Gasteiger charge is -2.12. The maximum atomic E-state index is 11.1. The van der Waals surface area contributed by atoms with E-state index >= 15 is 0 Å². The standard InChI is InChI=1S/C13H18O3/c1-4-16-10(2)12-7-5-11(6-8-12)9-13(14)15-3/h5-8,10H,4,9H2,1-3H3/t10-/m1/s1. The van der Waals surface area contributed by atoms with Gasteiger partial charge in [-0.2, -0.15) is 0 Å². The van der Waals surface area contributed by atoms with Crippen molar-refractivity contribution in [2.24, 2.45) is 0 Å². The van der Waals surface area contributed by atoms with E-state index in [1.54, 1.807) is 0 Å². The molecule has 0 spiro atoms. The normalized spacial score (nSPS) is 12.2. The number of carbonyl (C=O) groups is 1. The highest BCUT2D eigenvalue weighted by Gasteiger charge is 2.06. The predicted molar refractivity (Wildman–Crippen MR) is 62.2 cm³/mol. The first-order valence-corrected chi connectivity index (χ1v) is 5.44. The number of hydrogen-bond donors (Lipinski definition) is 0. The van der Waals surface area contributed by atoms with E-state index in [4.69, 9.17) is 4.74 Å². The molecule has 0 unspecified atom stereocenters. The van der Waals surface area contributed by atoms with E-state index in [1.807, 2.05) is 38.1 Å². The van der Waals surface area contributed by atoms with Crippen molar-refractivity contribution in [3.05, 3.63) is 35.4 Å². The Labute approximate surface area is 96.4 Å². The Bertz CT molecular complexity index is 330. The van der Waals surface area contributed by atoms with Crippen molar-refractivity contribution in [2.75, 3.05) is 13.7 Å². The molecule has 0 aliphatic heterocycles. The fourth-order valence-electron chi connectivity index (χ4n) is 1.49. The van der Waals surface area contributed by atoms with E-state index < -0.39 is 0 Å². The molecule has 0 aromatic heterocycles. The first-order chi connectivity index (χ1) is 7.67. The highest BCUT2D eigenvalue weighted by molar-refractivity contribution is 5.72. The minimum Gasteiger partial charge on any atom is -0.469 e. The second kappa shape index (κ2) is 6.28. The van der Waals surface area contributed by atoms with Crippen molar-refractivity contribution in [3.63, 3.8) is 0 Å². The summed E-state index contributed by atoms with van der Waals surface area (Å²) in [6, 6.07) is 7.83. The lowest BCUT2D eigenvalue weighted by molar-refractivity contribution is -0.139. The molecule has 0 fully saturated rings. The molecule has 0 N–H and O–H groups in total. The molecule has 0 saturated heterocycles. The van der Waals surface area contributed by atoms with Crippen LogP contribution in [0.25, 0.3) is 0 Å². The van der Waals surface area contributed by atoms with E-state index in [9.17, 15) is 4.79 Å². The first kappa shape index (κ1) is 12.7. The molecule has 0 heterocycles. The lowest BCUT2D eigenvalue weighted by Crippen LogP contribution is -2.05. The molecule has 0 saturated carbocycles. The lowest BCUT2D eigenvalue weighted by atomic mass is 10.1. The maximum Gasteiger partial charge on any atom is 0.309 e. The second-order valence-electron chi connectivity index (χ2n) is 3.59. The van der Waals surface area contributed by atoms with Crippen LogP contribution in [0.4, 0.5) is 0 Å². The number of benzene rings is 1. The molecule has 1 aromatic rings. The molecular weight excluding hydrogens is 204 g/mol. The molecule has 0 aliphatic rings. The largest absolute Gasteiger partial charge is 0.469 e. The van der Waals surface area contributed by atoms with E-state index in [2.05, 4.69) is 4.74 Å². The summed E-state index contributed by atoms with van der Waals surface area (Å²) in [6.45, 7) is 4.69. The molecule has 88 valence electrons. The van der Waals surface area contributed by atoms with Crippen LogP contribution >= 0.6 is 0 Å². The fourth-order valence-corrected chi connectivity index (χ4v) is 1.49. The van der Waals surface area contributed by atoms with Crippen molar-refractivity contribution in [1.29, 1.82) is 0 Å². The summed E-state index contributed by atoms with van der Waals surface area (Å²) < 4.78 is 10.1. The third kappa shape index (κ3) is 3.66. The van der Waals surface area contributed by atoms with Crippen molar-refractivity contribution in [3.8, 4) is 0 Å². The number of carbonyl (C=O) groups excluding carboxylic acids is 1. The van der Waals surface area contributed by atoms with Gasteiger partial charge < -0.3 is 9.47 Å². The molecular formula is C13H18O3. The van der Waals surface area contributed by atoms with Crippen LogP contribution in [0.2, 0.25) is 0 Å². The zero-order valence-electron chi connectivity index (χ0n) is 10.0. The molecule has 0 radical (unpaired) electrons. The number of methoxy groups -OCH3 is 1. The Hall–Kier alpha value is -1.35. The third-order valence-electron chi connectivity index (χ3n) is 2.44. The molecule has 3 heteroatoms. The van der Waals surface area contributed by atoms with Crippen LogP contribution in [0.3, 0.4) is 0 Å². The molecule has 16 heavy (non-hydrogen) atoms. The molecule has 3 nitrogen and oxygen atoms in total. The topological polar surface area (TPSA) is 35.5 Å². The van der Waals surface area contributed by atoms with Gasteiger partial charge in [0, 0.05) is 6.61 Å². The van der Waals surface area contributed by atoms with Crippen LogP contribution < -0.4 is 0 Å². The zero-order chi connectivity index (χ0) is 12.0. The molecule has 1 rings (SSSR count). The second-order valence-corrected chi connectivity index (χ2v) is 3.59. The number of hydrogen-bond acceptors (Lipinski definition) is 3. The Kier molecular flexibility index (Phi) is 4.99. The Morgan fingerprint density at radius 1 is 1.31 bits per heavy atom. The van der Waals surface area contributed by atoms with Crippen molar-refractivity contribution in [2.45, 2.75) is 26.4 Å². The van der Waals surface area contributed by atoms with Crippen molar-refractivity contribution in [1.82, 2.24) is 0 Å². The summed E-state index contributed by atoms with van der Waals surface area (Å²) in [6.07, 6.45) is 0.414. The molecule has 0 bridgehead atoms. The van der Waals surface area contributed by atoms with Gasteiger partial charge in [0.05, 0.1) is 19.6 Å².